The van der Waals surface area contributed by atoms with Gasteiger partial charge in [-0.25, -0.2) is 4.39 Å². The lowest BCUT2D eigenvalue weighted by Crippen LogP contribution is -2.21. The van der Waals surface area contributed by atoms with E-state index in [1.807, 2.05) is 19.1 Å². The van der Waals surface area contributed by atoms with E-state index in [9.17, 15) is 4.39 Å². The van der Waals surface area contributed by atoms with Crippen LogP contribution in [0.4, 0.5) is 4.39 Å². The van der Waals surface area contributed by atoms with Crippen molar-refractivity contribution in [3.8, 4) is 11.5 Å². The van der Waals surface area contributed by atoms with Crippen LogP contribution in [0.15, 0.2) is 40.9 Å². The number of benzene rings is 2. The van der Waals surface area contributed by atoms with Crippen molar-refractivity contribution in [3.05, 3.63) is 57.8 Å². The molecule has 0 spiro atoms. The van der Waals surface area contributed by atoms with Crippen molar-refractivity contribution in [3.63, 3.8) is 0 Å². The van der Waals surface area contributed by atoms with Gasteiger partial charge in [0.25, 0.3) is 0 Å². The van der Waals surface area contributed by atoms with E-state index in [0.29, 0.717) is 24.7 Å². The van der Waals surface area contributed by atoms with Crippen LogP contribution < -0.4 is 20.1 Å². The molecule has 0 atom stereocenters. The van der Waals surface area contributed by atoms with E-state index >= 15 is 0 Å². The van der Waals surface area contributed by atoms with Gasteiger partial charge in [0.05, 0.1) is 11.1 Å². The quantitative estimate of drug-likeness (QED) is 0.369. The fourth-order valence-electron chi connectivity index (χ4n) is 2.61. The molecule has 0 bridgehead atoms. The van der Waals surface area contributed by atoms with Gasteiger partial charge in [-0.15, -0.1) is 24.8 Å². The zero-order chi connectivity index (χ0) is 19.5. The topological polar surface area (TPSA) is 42.5 Å². The minimum Gasteiger partial charge on any atom is -0.490 e. The Morgan fingerprint density at radius 1 is 0.931 bits per heavy atom. The maximum absolute atomic E-state index is 13.0. The first-order chi connectivity index (χ1) is 13.1. The lowest BCUT2D eigenvalue weighted by molar-refractivity contribution is 0.267. The summed E-state index contributed by atoms with van der Waals surface area (Å²) in [5, 5.41) is 6.76. The second-order valence-electron chi connectivity index (χ2n) is 6.14. The smallest absolute Gasteiger partial charge is 0.175 e. The first-order valence-electron chi connectivity index (χ1n) is 9.38. The molecule has 0 saturated heterocycles. The van der Waals surface area contributed by atoms with E-state index in [0.717, 1.165) is 48.2 Å². The van der Waals surface area contributed by atoms with Crippen LogP contribution in [0.1, 0.15) is 31.4 Å². The fraction of sp³-hybridized carbons (Fsp3) is 0.429. The van der Waals surface area contributed by atoms with E-state index in [4.69, 9.17) is 9.47 Å². The summed E-state index contributed by atoms with van der Waals surface area (Å²) < 4.78 is 25.6. The predicted octanol–water partition coefficient (Wildman–Crippen LogP) is 5.50. The SMILES string of the molecule is CCNCCCNCc1cc(Br)c(OCc2ccc(F)cc2)c(OCC)c1.Cl.Cl. The minimum absolute atomic E-state index is 0. The van der Waals surface area contributed by atoms with Gasteiger partial charge in [-0.1, -0.05) is 19.1 Å². The summed E-state index contributed by atoms with van der Waals surface area (Å²) in [5.41, 5.74) is 2.03. The monoisotopic (exact) mass is 510 g/mol. The molecule has 0 fully saturated rings. The maximum Gasteiger partial charge on any atom is 0.175 e. The van der Waals surface area contributed by atoms with Gasteiger partial charge in [-0.3, -0.25) is 0 Å². The Morgan fingerprint density at radius 2 is 1.62 bits per heavy atom. The second-order valence-corrected chi connectivity index (χ2v) is 6.99. The zero-order valence-corrected chi connectivity index (χ0v) is 20.0. The van der Waals surface area contributed by atoms with Gasteiger partial charge in [0.2, 0.25) is 0 Å². The Morgan fingerprint density at radius 3 is 2.28 bits per heavy atom. The molecule has 0 heterocycles. The van der Waals surface area contributed by atoms with E-state index < -0.39 is 0 Å². The van der Waals surface area contributed by atoms with Crippen LogP contribution in [0, 0.1) is 5.82 Å². The largest absolute Gasteiger partial charge is 0.490 e. The molecule has 2 aromatic carbocycles. The van der Waals surface area contributed by atoms with E-state index in [1.54, 1.807) is 12.1 Å². The summed E-state index contributed by atoms with van der Waals surface area (Å²) in [6.45, 7) is 8.71. The van der Waals surface area contributed by atoms with Gasteiger partial charge < -0.3 is 20.1 Å². The molecule has 8 heteroatoms. The number of ether oxygens (including phenoxy) is 2. The molecule has 0 amide bonds. The van der Waals surface area contributed by atoms with Crippen LogP contribution in [0.25, 0.3) is 0 Å². The highest BCUT2D eigenvalue weighted by Crippen LogP contribution is 2.37. The molecule has 2 N–H and O–H groups in total. The molecule has 0 saturated carbocycles. The molecular formula is C21H30BrCl2FN2O2. The molecular weight excluding hydrogens is 482 g/mol. The van der Waals surface area contributed by atoms with Gasteiger partial charge in [0.1, 0.15) is 12.4 Å². The third-order valence-corrected chi connectivity index (χ3v) is 4.54. The third kappa shape index (κ3) is 10.0. The maximum atomic E-state index is 13.0. The highest BCUT2D eigenvalue weighted by Gasteiger charge is 2.12. The van der Waals surface area contributed by atoms with Crippen molar-refractivity contribution >= 4 is 40.7 Å². The summed E-state index contributed by atoms with van der Waals surface area (Å²) in [6, 6.07) is 10.3. The summed E-state index contributed by atoms with van der Waals surface area (Å²) in [4.78, 5) is 0. The number of hydrogen-bond acceptors (Lipinski definition) is 4. The van der Waals surface area contributed by atoms with E-state index in [2.05, 4.69) is 33.5 Å². The van der Waals surface area contributed by atoms with Crippen LogP contribution in [0.3, 0.4) is 0 Å². The van der Waals surface area contributed by atoms with Crippen molar-refractivity contribution < 1.29 is 13.9 Å². The summed E-state index contributed by atoms with van der Waals surface area (Å²) in [6.07, 6.45) is 1.09. The Labute approximate surface area is 193 Å². The van der Waals surface area contributed by atoms with Crippen LogP contribution >= 0.6 is 40.7 Å². The highest BCUT2D eigenvalue weighted by molar-refractivity contribution is 9.10. The van der Waals surface area contributed by atoms with E-state index in [-0.39, 0.29) is 30.6 Å². The zero-order valence-electron chi connectivity index (χ0n) is 16.8. The molecule has 0 unspecified atom stereocenters. The second kappa shape index (κ2) is 15.7. The van der Waals surface area contributed by atoms with Crippen LogP contribution in [0.5, 0.6) is 11.5 Å². The highest BCUT2D eigenvalue weighted by atomic mass is 79.9. The van der Waals surface area contributed by atoms with Crippen molar-refractivity contribution in [2.24, 2.45) is 0 Å². The fourth-order valence-corrected chi connectivity index (χ4v) is 3.21. The number of nitrogens with one attached hydrogen (secondary N) is 2. The number of halogens is 4. The van der Waals surface area contributed by atoms with Crippen molar-refractivity contribution in [2.75, 3.05) is 26.2 Å². The molecule has 4 nitrogen and oxygen atoms in total. The third-order valence-electron chi connectivity index (χ3n) is 3.95. The average Bonchev–Trinajstić information content (AvgIpc) is 2.65. The van der Waals surface area contributed by atoms with Crippen molar-refractivity contribution in [2.45, 2.75) is 33.4 Å². The molecule has 0 aliphatic carbocycles. The lowest BCUT2D eigenvalue weighted by Gasteiger charge is -2.16. The normalized spacial score (nSPS) is 10.1. The Hall–Kier alpha value is -1.05. The summed E-state index contributed by atoms with van der Waals surface area (Å²) in [5.74, 6) is 1.12. The van der Waals surface area contributed by atoms with Crippen LogP contribution in [-0.2, 0) is 13.2 Å². The van der Waals surface area contributed by atoms with Crippen molar-refractivity contribution in [1.29, 1.82) is 0 Å². The van der Waals surface area contributed by atoms with Crippen molar-refractivity contribution in [1.82, 2.24) is 10.6 Å². The standard InChI is InChI=1S/C21H28BrFN2O2.2ClH/c1-3-24-10-5-11-25-14-17-12-19(22)21(20(13-17)26-4-2)27-15-16-6-8-18(23)9-7-16;;/h6-9,12-13,24-25H,3-5,10-11,14-15H2,1-2H3;2*1H. The first-order valence-corrected chi connectivity index (χ1v) is 10.2. The molecule has 0 aliphatic heterocycles. The first kappa shape index (κ1) is 27.9. The molecule has 0 aromatic heterocycles. The van der Waals surface area contributed by atoms with Gasteiger partial charge >= 0.3 is 0 Å². The molecule has 29 heavy (non-hydrogen) atoms. The molecule has 2 aromatic rings. The summed E-state index contributed by atoms with van der Waals surface area (Å²) >= 11 is 3.59. The van der Waals surface area contributed by atoms with Crippen LogP contribution in [0.2, 0.25) is 0 Å². The predicted molar refractivity (Wildman–Crippen MR) is 125 cm³/mol. The lowest BCUT2D eigenvalue weighted by atomic mass is 10.2. The Balaban J connectivity index is 0.00000392. The average molecular weight is 512 g/mol. The molecule has 0 radical (unpaired) electrons. The van der Waals surface area contributed by atoms with Gasteiger partial charge in [-0.05, 0) is 84.3 Å². The van der Waals surface area contributed by atoms with Gasteiger partial charge in [-0.2, -0.15) is 0 Å². The van der Waals surface area contributed by atoms with Crippen LogP contribution in [-0.4, -0.2) is 26.2 Å². The minimum atomic E-state index is -0.253. The number of rotatable bonds is 12. The summed E-state index contributed by atoms with van der Waals surface area (Å²) in [7, 11) is 0. The van der Waals surface area contributed by atoms with Gasteiger partial charge in [0.15, 0.2) is 11.5 Å². The Kier molecular flexibility index (Phi) is 15.2. The van der Waals surface area contributed by atoms with E-state index in [1.165, 1.54) is 12.1 Å². The number of hydrogen-bond donors (Lipinski definition) is 2. The Bertz CT molecular complexity index is 706. The van der Waals surface area contributed by atoms with Gasteiger partial charge in [0, 0.05) is 6.54 Å². The molecule has 164 valence electrons. The molecule has 2 rings (SSSR count). The molecule has 0 aliphatic rings.